The third-order valence-corrected chi connectivity index (χ3v) is 3.31. The standard InChI is InChI=1S/C13H24N2O5/c16-8-6-11(12(17)18)15-13(19)14-7-9-20-10-4-2-1-3-5-10/h10-11,16H,1-9H2,(H,17,18)(H2,14,15,19). The van der Waals surface area contributed by atoms with Crippen molar-refractivity contribution in [3.63, 3.8) is 0 Å². The highest BCUT2D eigenvalue weighted by molar-refractivity contribution is 5.82. The lowest BCUT2D eigenvalue weighted by atomic mass is 9.98. The number of amides is 2. The smallest absolute Gasteiger partial charge is 0.326 e. The molecule has 7 nitrogen and oxygen atoms in total. The van der Waals surface area contributed by atoms with Crippen LogP contribution in [0.1, 0.15) is 38.5 Å². The van der Waals surface area contributed by atoms with Crippen LogP contribution in [0.4, 0.5) is 4.79 Å². The highest BCUT2D eigenvalue weighted by Gasteiger charge is 2.19. The summed E-state index contributed by atoms with van der Waals surface area (Å²) in [5.41, 5.74) is 0. The second-order valence-corrected chi connectivity index (χ2v) is 4.93. The van der Waals surface area contributed by atoms with Gasteiger partial charge in [0.25, 0.3) is 0 Å². The normalized spacial score (nSPS) is 17.4. The van der Waals surface area contributed by atoms with Gasteiger partial charge in [-0.1, -0.05) is 19.3 Å². The Hall–Kier alpha value is -1.34. The summed E-state index contributed by atoms with van der Waals surface area (Å²) in [5.74, 6) is -1.16. The van der Waals surface area contributed by atoms with Gasteiger partial charge in [-0.3, -0.25) is 0 Å². The molecule has 0 aromatic heterocycles. The van der Waals surface area contributed by atoms with Gasteiger partial charge in [-0.25, -0.2) is 9.59 Å². The topological polar surface area (TPSA) is 108 Å². The first-order valence-corrected chi connectivity index (χ1v) is 7.13. The van der Waals surface area contributed by atoms with Crippen LogP contribution in [-0.2, 0) is 9.53 Å². The van der Waals surface area contributed by atoms with Crippen molar-refractivity contribution in [2.24, 2.45) is 0 Å². The molecular weight excluding hydrogens is 264 g/mol. The van der Waals surface area contributed by atoms with E-state index in [1.807, 2.05) is 0 Å². The van der Waals surface area contributed by atoms with Gasteiger partial charge >= 0.3 is 12.0 Å². The van der Waals surface area contributed by atoms with Gasteiger partial charge in [0.2, 0.25) is 0 Å². The Kier molecular flexibility index (Phi) is 7.98. The molecule has 1 fully saturated rings. The van der Waals surface area contributed by atoms with Gasteiger partial charge in [-0.2, -0.15) is 0 Å². The third-order valence-electron chi connectivity index (χ3n) is 3.31. The van der Waals surface area contributed by atoms with E-state index in [2.05, 4.69) is 10.6 Å². The molecule has 7 heteroatoms. The molecule has 1 rings (SSSR count). The maximum Gasteiger partial charge on any atom is 0.326 e. The van der Waals surface area contributed by atoms with Crippen LogP contribution in [0.2, 0.25) is 0 Å². The summed E-state index contributed by atoms with van der Waals surface area (Å²) in [6.45, 7) is 0.478. The van der Waals surface area contributed by atoms with Crippen molar-refractivity contribution in [2.45, 2.75) is 50.7 Å². The van der Waals surface area contributed by atoms with Crippen LogP contribution in [0.25, 0.3) is 0 Å². The summed E-state index contributed by atoms with van der Waals surface area (Å²) in [6, 6.07) is -1.63. The summed E-state index contributed by atoms with van der Waals surface area (Å²) >= 11 is 0. The number of ether oxygens (including phenoxy) is 1. The Bertz CT molecular complexity index is 305. The van der Waals surface area contributed by atoms with Gasteiger partial charge in [-0.15, -0.1) is 0 Å². The molecule has 1 atom stereocenters. The fourth-order valence-electron chi connectivity index (χ4n) is 2.22. The van der Waals surface area contributed by atoms with E-state index in [9.17, 15) is 9.59 Å². The third kappa shape index (κ3) is 6.72. The minimum Gasteiger partial charge on any atom is -0.480 e. The summed E-state index contributed by atoms with van der Waals surface area (Å²) in [4.78, 5) is 22.2. The minimum atomic E-state index is -1.16. The molecule has 0 aromatic rings. The zero-order valence-corrected chi connectivity index (χ0v) is 11.6. The fraction of sp³-hybridized carbons (Fsp3) is 0.846. The summed E-state index contributed by atoms with van der Waals surface area (Å²) in [7, 11) is 0. The van der Waals surface area contributed by atoms with E-state index in [-0.39, 0.29) is 19.1 Å². The van der Waals surface area contributed by atoms with Crippen molar-refractivity contribution in [2.75, 3.05) is 19.8 Å². The van der Waals surface area contributed by atoms with Gasteiger partial charge in [0, 0.05) is 19.6 Å². The van der Waals surface area contributed by atoms with E-state index in [0.29, 0.717) is 13.2 Å². The molecule has 0 spiro atoms. The molecule has 0 radical (unpaired) electrons. The Morgan fingerprint density at radius 3 is 2.55 bits per heavy atom. The number of carbonyl (C=O) groups is 2. The molecule has 0 heterocycles. The Labute approximate surface area is 118 Å². The molecule has 20 heavy (non-hydrogen) atoms. The number of aliphatic carboxylic acids is 1. The molecule has 1 saturated carbocycles. The number of carboxylic acid groups (broad SMARTS) is 1. The highest BCUT2D eigenvalue weighted by atomic mass is 16.5. The van der Waals surface area contributed by atoms with E-state index >= 15 is 0 Å². The number of aliphatic hydroxyl groups excluding tert-OH is 1. The fourth-order valence-corrected chi connectivity index (χ4v) is 2.22. The second kappa shape index (κ2) is 9.55. The number of rotatable bonds is 8. The van der Waals surface area contributed by atoms with Crippen LogP contribution in [0.15, 0.2) is 0 Å². The number of hydrogen-bond donors (Lipinski definition) is 4. The van der Waals surface area contributed by atoms with Crippen molar-refractivity contribution in [3.05, 3.63) is 0 Å². The van der Waals surface area contributed by atoms with Crippen molar-refractivity contribution >= 4 is 12.0 Å². The molecule has 1 aliphatic rings. The van der Waals surface area contributed by atoms with Crippen LogP contribution in [0.3, 0.4) is 0 Å². The Balaban J connectivity index is 2.10. The zero-order valence-electron chi connectivity index (χ0n) is 11.6. The van der Waals surface area contributed by atoms with Gasteiger partial charge in [0.15, 0.2) is 0 Å². The first kappa shape index (κ1) is 16.7. The average molecular weight is 288 g/mol. The molecule has 1 unspecified atom stereocenters. The maximum atomic E-state index is 11.5. The van der Waals surface area contributed by atoms with Gasteiger partial charge in [0.05, 0.1) is 12.7 Å². The molecule has 116 valence electrons. The van der Waals surface area contributed by atoms with Gasteiger partial charge in [-0.05, 0) is 12.8 Å². The highest BCUT2D eigenvalue weighted by Crippen LogP contribution is 2.19. The van der Waals surface area contributed by atoms with E-state index in [1.165, 1.54) is 19.3 Å². The van der Waals surface area contributed by atoms with Crippen molar-refractivity contribution in [1.82, 2.24) is 10.6 Å². The molecule has 1 aliphatic carbocycles. The maximum absolute atomic E-state index is 11.5. The zero-order chi connectivity index (χ0) is 14.8. The number of hydrogen-bond acceptors (Lipinski definition) is 4. The first-order valence-electron chi connectivity index (χ1n) is 7.13. The average Bonchev–Trinajstić information content (AvgIpc) is 2.44. The largest absolute Gasteiger partial charge is 0.480 e. The summed E-state index contributed by atoms with van der Waals surface area (Å²) in [5, 5.41) is 22.4. The van der Waals surface area contributed by atoms with Crippen molar-refractivity contribution < 1.29 is 24.5 Å². The predicted molar refractivity (Wildman–Crippen MR) is 72.5 cm³/mol. The van der Waals surface area contributed by atoms with Crippen LogP contribution in [-0.4, -0.2) is 54.1 Å². The van der Waals surface area contributed by atoms with Crippen LogP contribution in [0, 0.1) is 0 Å². The lowest BCUT2D eigenvalue weighted by Gasteiger charge is -2.22. The number of carboxylic acids is 1. The van der Waals surface area contributed by atoms with E-state index in [0.717, 1.165) is 12.8 Å². The lowest BCUT2D eigenvalue weighted by Crippen LogP contribution is -2.47. The Morgan fingerprint density at radius 2 is 1.95 bits per heavy atom. The molecule has 0 bridgehead atoms. The first-order chi connectivity index (χ1) is 9.63. The van der Waals surface area contributed by atoms with Crippen LogP contribution >= 0.6 is 0 Å². The lowest BCUT2D eigenvalue weighted by molar-refractivity contribution is -0.139. The minimum absolute atomic E-state index is 0.0126. The van der Waals surface area contributed by atoms with Crippen molar-refractivity contribution in [3.8, 4) is 0 Å². The van der Waals surface area contributed by atoms with Gasteiger partial charge < -0.3 is 25.6 Å². The molecule has 4 N–H and O–H groups in total. The molecule has 0 aliphatic heterocycles. The number of nitrogens with one attached hydrogen (secondary N) is 2. The molecule has 0 saturated heterocycles. The van der Waals surface area contributed by atoms with E-state index in [1.54, 1.807) is 0 Å². The molecule has 2 amide bonds. The number of urea groups is 1. The van der Waals surface area contributed by atoms with Crippen LogP contribution < -0.4 is 10.6 Å². The van der Waals surface area contributed by atoms with Crippen molar-refractivity contribution in [1.29, 1.82) is 0 Å². The predicted octanol–water partition coefficient (Wildman–Crippen LogP) is 0.471. The Morgan fingerprint density at radius 1 is 1.25 bits per heavy atom. The second-order valence-electron chi connectivity index (χ2n) is 4.93. The quantitative estimate of drug-likeness (QED) is 0.486. The summed E-state index contributed by atoms with van der Waals surface area (Å²) in [6.07, 6.45) is 6.08. The van der Waals surface area contributed by atoms with E-state index in [4.69, 9.17) is 14.9 Å². The van der Waals surface area contributed by atoms with E-state index < -0.39 is 18.0 Å². The SMILES string of the molecule is O=C(NCCOC1CCCCC1)NC(CCO)C(=O)O. The summed E-state index contributed by atoms with van der Waals surface area (Å²) < 4.78 is 5.63. The van der Waals surface area contributed by atoms with Crippen LogP contribution in [0.5, 0.6) is 0 Å². The monoisotopic (exact) mass is 288 g/mol. The molecule has 0 aromatic carbocycles. The molecular formula is C13H24N2O5. The number of aliphatic hydroxyl groups is 1. The van der Waals surface area contributed by atoms with Gasteiger partial charge in [0.1, 0.15) is 6.04 Å². The number of carbonyl (C=O) groups excluding carboxylic acids is 1.